The van der Waals surface area contributed by atoms with Gasteiger partial charge in [-0.3, -0.25) is 9.13 Å². The van der Waals surface area contributed by atoms with Crippen molar-refractivity contribution in [3.63, 3.8) is 0 Å². The van der Waals surface area contributed by atoms with E-state index in [0.29, 0.717) is 45.9 Å². The van der Waals surface area contributed by atoms with Gasteiger partial charge in [-0.2, -0.15) is 10.2 Å². The molecular weight excluding hydrogens is 853 g/mol. The fourth-order valence-corrected chi connectivity index (χ4v) is 8.16. The molecular formula is C48H44F4N12O2. The molecule has 0 aliphatic carbocycles. The monoisotopic (exact) mass is 896 g/mol. The van der Waals surface area contributed by atoms with Crippen LogP contribution in [0.15, 0.2) is 86.0 Å². The number of halogens is 4. The van der Waals surface area contributed by atoms with Crippen molar-refractivity contribution in [2.24, 2.45) is 0 Å². The van der Waals surface area contributed by atoms with Crippen molar-refractivity contribution >= 4 is 24.3 Å². The van der Waals surface area contributed by atoms with E-state index in [1.165, 1.54) is 12.1 Å². The van der Waals surface area contributed by atoms with Crippen LogP contribution in [0.4, 0.5) is 17.6 Å². The van der Waals surface area contributed by atoms with Crippen LogP contribution in [0.3, 0.4) is 0 Å². The lowest BCUT2D eigenvalue weighted by Crippen LogP contribution is -2.18. The molecule has 2 aromatic carbocycles. The lowest BCUT2D eigenvalue weighted by molar-refractivity contribution is 0.410. The Hall–Kier alpha value is -7.76. The van der Waals surface area contributed by atoms with Gasteiger partial charge in [0.2, 0.25) is 0 Å². The van der Waals surface area contributed by atoms with Crippen molar-refractivity contribution in [3.8, 4) is 23.1 Å². The van der Waals surface area contributed by atoms with Gasteiger partial charge in [0, 0.05) is 49.7 Å². The van der Waals surface area contributed by atoms with Crippen LogP contribution in [0.5, 0.6) is 11.5 Å². The molecule has 6 aromatic heterocycles. The zero-order valence-corrected chi connectivity index (χ0v) is 36.5. The summed E-state index contributed by atoms with van der Waals surface area (Å²) >= 11 is 0. The zero-order valence-electron chi connectivity index (χ0n) is 36.5. The number of pyridine rings is 2. The topological polar surface area (TPSA) is 141 Å². The molecule has 66 heavy (non-hydrogen) atoms. The Morgan fingerprint density at radius 2 is 1.00 bits per heavy atom. The minimum Gasteiger partial charge on any atom is -0.493 e. The summed E-state index contributed by atoms with van der Waals surface area (Å²) in [6.07, 6.45) is 21.4. The normalized spacial score (nSPS) is 15.7. The molecule has 14 nitrogen and oxygen atoms in total. The molecule has 0 saturated carbocycles. The zero-order chi connectivity index (χ0) is 45.9. The molecule has 0 spiro atoms. The summed E-state index contributed by atoms with van der Waals surface area (Å²) in [6, 6.07) is 11.8. The molecule has 10 rings (SSSR count). The van der Waals surface area contributed by atoms with E-state index in [1.807, 2.05) is 81.2 Å². The van der Waals surface area contributed by atoms with Gasteiger partial charge in [-0.15, -0.1) is 0 Å². The van der Waals surface area contributed by atoms with Crippen LogP contribution in [-0.2, 0) is 13.1 Å². The molecule has 2 atom stereocenters. The van der Waals surface area contributed by atoms with Gasteiger partial charge in [0.25, 0.3) is 0 Å². The molecule has 0 radical (unpaired) electrons. The molecule has 0 amide bonds. The Morgan fingerprint density at radius 3 is 1.38 bits per heavy atom. The van der Waals surface area contributed by atoms with E-state index in [0.717, 1.165) is 85.1 Å². The van der Waals surface area contributed by atoms with Gasteiger partial charge in [0.15, 0.2) is 58.1 Å². The first-order valence-corrected chi connectivity index (χ1v) is 21.3. The fraction of sp³-hybridized carbons (Fsp3) is 0.250. The smallest absolute Gasteiger partial charge is 0.180 e. The number of fused-ring (bicyclic) bond motifs is 2. The van der Waals surface area contributed by atoms with Crippen molar-refractivity contribution in [3.05, 3.63) is 166 Å². The standard InChI is InChI=1S/2C24H22F2N6O/c2*1-15-13-31(14-28-15)24-21(33-2)10-16(12-27-24)5-8-22-29-23-18(4-3-9-32(23)30-22)17-6-7-19(25)20(26)11-17/h2*5-8,10-14,18H,3-4,9H2,1-2H3/b2*8-5+/t2*18-/m10/s1. The van der Waals surface area contributed by atoms with Gasteiger partial charge in [-0.1, -0.05) is 12.1 Å². The summed E-state index contributed by atoms with van der Waals surface area (Å²) in [4.78, 5) is 26.8. The second-order valence-electron chi connectivity index (χ2n) is 15.9. The van der Waals surface area contributed by atoms with Crippen LogP contribution in [-0.4, -0.2) is 72.8 Å². The minimum absolute atomic E-state index is 0.122. The number of benzene rings is 2. The second kappa shape index (κ2) is 18.8. The predicted molar refractivity (Wildman–Crippen MR) is 238 cm³/mol. The molecule has 2 aliphatic heterocycles. The van der Waals surface area contributed by atoms with Gasteiger partial charge in [-0.25, -0.2) is 56.8 Å². The average Bonchev–Trinajstić information content (AvgIpc) is 4.16. The largest absolute Gasteiger partial charge is 0.493 e. The number of ether oxygens (including phenoxy) is 2. The number of aromatic nitrogens is 12. The number of hydrogen-bond donors (Lipinski definition) is 0. The Kier molecular flexibility index (Phi) is 12.4. The number of rotatable bonds is 10. The lowest BCUT2D eigenvalue weighted by Gasteiger charge is -2.22. The van der Waals surface area contributed by atoms with Crippen molar-refractivity contribution in [1.82, 2.24) is 58.6 Å². The summed E-state index contributed by atoms with van der Waals surface area (Å²) in [5.41, 5.74) is 4.85. The van der Waals surface area contributed by atoms with E-state index < -0.39 is 23.3 Å². The summed E-state index contributed by atoms with van der Waals surface area (Å²) < 4.78 is 72.6. The number of methoxy groups -OCH3 is 2. The van der Waals surface area contributed by atoms with E-state index in [2.05, 4.69) is 40.1 Å². The summed E-state index contributed by atoms with van der Waals surface area (Å²) in [5.74, 6) is 1.51. The van der Waals surface area contributed by atoms with Crippen molar-refractivity contribution in [2.75, 3.05) is 14.2 Å². The Balaban J connectivity index is 0.000000166. The Labute approximate surface area is 377 Å². The maximum atomic E-state index is 13.8. The molecule has 8 heterocycles. The summed E-state index contributed by atoms with van der Waals surface area (Å²) in [6.45, 7) is 5.30. The molecule has 0 bridgehead atoms. The highest BCUT2D eigenvalue weighted by Gasteiger charge is 2.28. The summed E-state index contributed by atoms with van der Waals surface area (Å²) in [5, 5.41) is 9.16. The Morgan fingerprint density at radius 1 is 0.561 bits per heavy atom. The minimum atomic E-state index is -0.849. The highest BCUT2D eigenvalue weighted by Crippen LogP contribution is 2.35. The van der Waals surface area contributed by atoms with Gasteiger partial charge >= 0.3 is 0 Å². The second-order valence-corrected chi connectivity index (χ2v) is 15.9. The number of hydrogen-bond acceptors (Lipinski definition) is 10. The number of nitrogens with zero attached hydrogens (tertiary/aromatic N) is 12. The highest BCUT2D eigenvalue weighted by molar-refractivity contribution is 5.68. The molecule has 8 aromatic rings. The van der Waals surface area contributed by atoms with E-state index in [-0.39, 0.29) is 11.8 Å². The first-order chi connectivity index (χ1) is 32.0. The van der Waals surface area contributed by atoms with Gasteiger partial charge in [-0.05, 0) is 122 Å². The van der Waals surface area contributed by atoms with Crippen molar-refractivity contribution < 1.29 is 27.0 Å². The van der Waals surface area contributed by atoms with E-state index in [9.17, 15) is 17.6 Å². The van der Waals surface area contributed by atoms with Gasteiger partial charge in [0.05, 0.1) is 25.6 Å². The SMILES string of the molecule is COc1cc(/C=C/c2nc3n(n2)CCC[C@@H]3c2ccc(F)c(F)c2)cnc1-n1cnc(C)c1.COc1cc(/C=C/c2nc3n(n2)CCC[C@H]3c2ccc(F)c(F)c2)cnc1-n1cnc(C)c1. The van der Waals surface area contributed by atoms with E-state index in [1.54, 1.807) is 51.4 Å². The van der Waals surface area contributed by atoms with Crippen LogP contribution < -0.4 is 9.47 Å². The third kappa shape index (κ3) is 9.25. The molecule has 0 fully saturated rings. The third-order valence-electron chi connectivity index (χ3n) is 11.4. The van der Waals surface area contributed by atoms with Crippen LogP contribution in [0, 0.1) is 37.1 Å². The maximum Gasteiger partial charge on any atom is 0.180 e. The third-order valence-corrected chi connectivity index (χ3v) is 11.4. The average molecular weight is 897 g/mol. The highest BCUT2D eigenvalue weighted by atomic mass is 19.2. The van der Waals surface area contributed by atoms with E-state index >= 15 is 0 Å². The fourth-order valence-electron chi connectivity index (χ4n) is 8.16. The molecule has 0 unspecified atom stereocenters. The lowest BCUT2D eigenvalue weighted by atomic mass is 9.91. The van der Waals surface area contributed by atoms with Crippen molar-refractivity contribution in [1.29, 1.82) is 0 Å². The maximum absolute atomic E-state index is 13.8. The first kappa shape index (κ1) is 43.5. The van der Waals surface area contributed by atoms with Crippen LogP contribution in [0.25, 0.3) is 35.9 Å². The Bertz CT molecular complexity index is 2890. The predicted octanol–water partition coefficient (Wildman–Crippen LogP) is 9.10. The van der Waals surface area contributed by atoms with Crippen molar-refractivity contribution in [2.45, 2.75) is 64.5 Å². The van der Waals surface area contributed by atoms with Crippen LogP contribution >= 0.6 is 0 Å². The molecule has 0 saturated heterocycles. The quantitative estimate of drug-likeness (QED) is 0.122. The molecule has 0 N–H and O–H groups in total. The van der Waals surface area contributed by atoms with E-state index in [4.69, 9.17) is 9.47 Å². The van der Waals surface area contributed by atoms with Crippen LogP contribution in [0.2, 0.25) is 0 Å². The molecule has 2 aliphatic rings. The first-order valence-electron chi connectivity index (χ1n) is 21.3. The number of imidazole rings is 2. The number of aryl methyl sites for hydroxylation is 4. The molecule has 18 heteroatoms. The summed E-state index contributed by atoms with van der Waals surface area (Å²) in [7, 11) is 3.20. The molecule has 336 valence electrons. The van der Waals surface area contributed by atoms with Crippen LogP contribution in [0.1, 0.15) is 94.5 Å². The van der Waals surface area contributed by atoms with Gasteiger partial charge in [0.1, 0.15) is 24.3 Å². The van der Waals surface area contributed by atoms with Gasteiger partial charge < -0.3 is 9.47 Å².